The van der Waals surface area contributed by atoms with Crippen LogP contribution < -0.4 is 5.23 Å². The van der Waals surface area contributed by atoms with Crippen molar-refractivity contribution in [1.29, 1.82) is 0 Å². The van der Waals surface area contributed by atoms with E-state index in [4.69, 9.17) is 9.94 Å². The molecule has 1 heterocycles. The van der Waals surface area contributed by atoms with Crippen molar-refractivity contribution in [3.63, 3.8) is 0 Å². The molecule has 1 unspecified atom stereocenters. The lowest BCUT2D eigenvalue weighted by molar-refractivity contribution is -0.991. The molecule has 0 bridgehead atoms. The number of aryl methyl sites for hydroxylation is 1. The molecule has 7 heteroatoms. The number of aromatic nitrogens is 1. The van der Waals surface area contributed by atoms with Crippen molar-refractivity contribution in [2.75, 3.05) is 6.61 Å². The minimum absolute atomic E-state index is 0.224. The standard InChI is InChI=1S/C16H20N2O4S/c1-3-5-6-13-14(16(19)22-4-2)23-15(17-13)11-7-9-12(10-8-11)18(20)21/h7-10,18,20H,3-6H2,1-2H3. The average molecular weight is 336 g/mol. The zero-order valence-corrected chi connectivity index (χ0v) is 14.0. The number of nitrogens with zero attached hydrogens (tertiary/aromatic N) is 1. The summed E-state index contributed by atoms with van der Waals surface area (Å²) in [5.74, 6) is -0.343. The van der Waals surface area contributed by atoms with Crippen molar-refractivity contribution in [1.82, 2.24) is 4.98 Å². The number of thiazole rings is 1. The summed E-state index contributed by atoms with van der Waals surface area (Å²) < 4.78 is 5.10. The fourth-order valence-corrected chi connectivity index (χ4v) is 3.11. The van der Waals surface area contributed by atoms with Gasteiger partial charge in [0.25, 0.3) is 0 Å². The van der Waals surface area contributed by atoms with E-state index in [1.54, 1.807) is 19.1 Å². The van der Waals surface area contributed by atoms with Crippen LogP contribution in [0.3, 0.4) is 0 Å². The molecule has 124 valence electrons. The first-order valence-electron chi connectivity index (χ1n) is 7.57. The first-order valence-corrected chi connectivity index (χ1v) is 8.39. The van der Waals surface area contributed by atoms with Crippen molar-refractivity contribution >= 4 is 23.0 Å². The van der Waals surface area contributed by atoms with Gasteiger partial charge >= 0.3 is 5.97 Å². The van der Waals surface area contributed by atoms with E-state index in [-0.39, 0.29) is 11.7 Å². The molecule has 0 radical (unpaired) electrons. The largest absolute Gasteiger partial charge is 0.595 e. The highest BCUT2D eigenvalue weighted by molar-refractivity contribution is 7.17. The molecule has 0 saturated heterocycles. The monoisotopic (exact) mass is 336 g/mol. The van der Waals surface area contributed by atoms with Gasteiger partial charge in [0.2, 0.25) is 0 Å². The van der Waals surface area contributed by atoms with Crippen LogP contribution in [0, 0.1) is 5.21 Å². The maximum atomic E-state index is 12.1. The van der Waals surface area contributed by atoms with Crippen LogP contribution in [0.15, 0.2) is 24.3 Å². The number of hydrogen-bond donors (Lipinski definition) is 2. The normalized spacial score (nSPS) is 12.2. The van der Waals surface area contributed by atoms with Crippen LogP contribution in [0.25, 0.3) is 10.6 Å². The van der Waals surface area contributed by atoms with E-state index in [0.717, 1.165) is 30.5 Å². The second kappa shape index (κ2) is 8.16. The Morgan fingerprint density at radius 2 is 2.04 bits per heavy atom. The van der Waals surface area contributed by atoms with E-state index in [9.17, 15) is 10.0 Å². The van der Waals surface area contributed by atoms with Crippen molar-refractivity contribution in [3.8, 4) is 10.6 Å². The molecule has 0 aliphatic heterocycles. The Balaban J connectivity index is 2.32. The molecular formula is C16H20N2O4S. The van der Waals surface area contributed by atoms with Gasteiger partial charge in [-0.25, -0.2) is 15.0 Å². The molecule has 6 nitrogen and oxygen atoms in total. The summed E-state index contributed by atoms with van der Waals surface area (Å²) in [5.41, 5.74) is 1.78. The number of carbonyl (C=O) groups excluding carboxylic acids is 1. The summed E-state index contributed by atoms with van der Waals surface area (Å²) in [7, 11) is 0. The molecule has 2 N–H and O–H groups in total. The van der Waals surface area contributed by atoms with Gasteiger partial charge in [-0.15, -0.1) is 11.3 Å². The minimum atomic E-state index is -0.966. The molecule has 0 fully saturated rings. The van der Waals surface area contributed by atoms with Gasteiger partial charge in [0.1, 0.15) is 9.88 Å². The highest BCUT2D eigenvalue weighted by Crippen LogP contribution is 2.30. The molecule has 0 aliphatic rings. The average Bonchev–Trinajstić information content (AvgIpc) is 2.97. The van der Waals surface area contributed by atoms with E-state index >= 15 is 0 Å². The Labute approximate surface area is 138 Å². The molecular weight excluding hydrogens is 316 g/mol. The summed E-state index contributed by atoms with van der Waals surface area (Å²) in [6.07, 6.45) is 2.70. The minimum Gasteiger partial charge on any atom is -0.595 e. The lowest BCUT2D eigenvalue weighted by Crippen LogP contribution is -2.99. The summed E-state index contributed by atoms with van der Waals surface area (Å²) in [4.78, 5) is 17.2. The molecule has 1 aromatic carbocycles. The maximum Gasteiger partial charge on any atom is 0.350 e. The third-order valence-corrected chi connectivity index (χ3v) is 4.43. The Kier molecular flexibility index (Phi) is 6.23. The quantitative estimate of drug-likeness (QED) is 0.600. The van der Waals surface area contributed by atoms with Crippen LogP contribution in [0.2, 0.25) is 0 Å². The highest BCUT2D eigenvalue weighted by Gasteiger charge is 2.19. The van der Waals surface area contributed by atoms with Crippen LogP contribution in [-0.2, 0) is 11.2 Å². The number of ether oxygens (including phenoxy) is 1. The van der Waals surface area contributed by atoms with E-state index in [1.807, 2.05) is 0 Å². The Bertz CT molecular complexity index is 653. The Hall–Kier alpha value is -1.80. The molecule has 0 spiro atoms. The molecule has 0 saturated carbocycles. The van der Waals surface area contributed by atoms with Crippen LogP contribution in [-0.4, -0.2) is 22.8 Å². The third-order valence-electron chi connectivity index (χ3n) is 3.30. The lowest BCUT2D eigenvalue weighted by atomic mass is 10.2. The first kappa shape index (κ1) is 17.6. The van der Waals surface area contributed by atoms with E-state index in [2.05, 4.69) is 11.9 Å². The van der Waals surface area contributed by atoms with Crippen LogP contribution in [0.5, 0.6) is 0 Å². The molecule has 2 rings (SSSR count). The van der Waals surface area contributed by atoms with Crippen LogP contribution in [0.1, 0.15) is 42.1 Å². The third kappa shape index (κ3) is 4.35. The van der Waals surface area contributed by atoms with Gasteiger partial charge in [-0.05, 0) is 31.9 Å². The van der Waals surface area contributed by atoms with Gasteiger partial charge in [-0.2, -0.15) is 5.23 Å². The topological polar surface area (TPSA) is 86.9 Å². The SMILES string of the molecule is CCCCc1nc(-c2ccc([NH+]([O-])O)cc2)sc1C(=O)OCC. The van der Waals surface area contributed by atoms with Crippen molar-refractivity contribution in [3.05, 3.63) is 40.0 Å². The zero-order valence-electron chi connectivity index (χ0n) is 13.2. The number of unbranched alkanes of at least 4 members (excludes halogenated alkanes) is 1. The number of nitrogens with one attached hydrogen (secondary N) is 1. The number of hydrogen-bond acceptors (Lipinski definition) is 6. The highest BCUT2D eigenvalue weighted by atomic mass is 32.1. The van der Waals surface area contributed by atoms with Crippen molar-refractivity contribution in [2.45, 2.75) is 33.1 Å². The number of esters is 1. The number of rotatable bonds is 7. The van der Waals surface area contributed by atoms with E-state index in [1.165, 1.54) is 23.5 Å². The molecule has 0 amide bonds. The predicted molar refractivity (Wildman–Crippen MR) is 87.9 cm³/mol. The second-order valence-electron chi connectivity index (χ2n) is 5.00. The van der Waals surface area contributed by atoms with Crippen LogP contribution in [0.4, 0.5) is 5.69 Å². The zero-order chi connectivity index (χ0) is 16.8. The van der Waals surface area contributed by atoms with Gasteiger partial charge < -0.3 is 9.94 Å². The molecule has 0 aliphatic carbocycles. The van der Waals surface area contributed by atoms with Gasteiger partial charge in [0, 0.05) is 17.7 Å². The summed E-state index contributed by atoms with van der Waals surface area (Å²) in [6.45, 7) is 4.19. The van der Waals surface area contributed by atoms with E-state index in [0.29, 0.717) is 16.5 Å². The second-order valence-corrected chi connectivity index (χ2v) is 6.00. The van der Waals surface area contributed by atoms with E-state index < -0.39 is 5.23 Å². The summed E-state index contributed by atoms with van der Waals surface area (Å²) in [5, 5.41) is 19.6. The fraction of sp³-hybridized carbons (Fsp3) is 0.375. The summed E-state index contributed by atoms with van der Waals surface area (Å²) >= 11 is 1.29. The van der Waals surface area contributed by atoms with Gasteiger partial charge in [-0.3, -0.25) is 0 Å². The maximum absolute atomic E-state index is 12.1. The first-order chi connectivity index (χ1) is 11.1. The molecule has 1 atom stereocenters. The Morgan fingerprint density at radius 1 is 1.35 bits per heavy atom. The lowest BCUT2D eigenvalue weighted by Gasteiger charge is -2.10. The Morgan fingerprint density at radius 3 is 2.61 bits per heavy atom. The van der Waals surface area contributed by atoms with Crippen molar-refractivity contribution < 1.29 is 20.0 Å². The van der Waals surface area contributed by atoms with Gasteiger partial charge in [0.15, 0.2) is 5.69 Å². The fourth-order valence-electron chi connectivity index (χ4n) is 2.10. The predicted octanol–water partition coefficient (Wildman–Crippen LogP) is 2.73. The molecule has 2 aromatic rings. The number of benzene rings is 1. The van der Waals surface area contributed by atoms with Crippen molar-refractivity contribution in [2.24, 2.45) is 0 Å². The molecule has 1 aromatic heterocycles. The van der Waals surface area contributed by atoms with Gasteiger partial charge in [0.05, 0.1) is 12.3 Å². The number of quaternary nitrogens is 1. The molecule has 23 heavy (non-hydrogen) atoms. The van der Waals surface area contributed by atoms with Gasteiger partial charge in [-0.1, -0.05) is 13.3 Å². The number of carbonyl (C=O) groups is 1. The smallest absolute Gasteiger partial charge is 0.350 e. The van der Waals surface area contributed by atoms with Crippen LogP contribution >= 0.6 is 11.3 Å². The summed E-state index contributed by atoms with van der Waals surface area (Å²) in [6, 6.07) is 6.49.